The highest BCUT2D eigenvalue weighted by Crippen LogP contribution is 2.23. The molecule has 1 unspecified atom stereocenters. The van der Waals surface area contributed by atoms with Crippen molar-refractivity contribution in [1.82, 2.24) is 0 Å². The number of cyclic esters (lactones) is 1. The van der Waals surface area contributed by atoms with E-state index in [0.29, 0.717) is 0 Å². The Labute approximate surface area is 61.2 Å². The zero-order chi connectivity index (χ0) is 8.43. The van der Waals surface area contributed by atoms with E-state index in [1.54, 1.807) is 0 Å². The van der Waals surface area contributed by atoms with Crippen LogP contribution in [0.3, 0.4) is 0 Å². The van der Waals surface area contributed by atoms with Gasteiger partial charge >= 0.3 is 5.97 Å². The number of esters is 1. The van der Waals surface area contributed by atoms with Crippen molar-refractivity contribution in [2.45, 2.75) is 13.0 Å². The van der Waals surface area contributed by atoms with Gasteiger partial charge in [-0.2, -0.15) is 0 Å². The van der Waals surface area contributed by atoms with E-state index in [1.165, 1.54) is 6.92 Å². The normalized spacial score (nSPS) is 23.4. The number of ether oxygens (including phenoxy) is 1. The summed E-state index contributed by atoms with van der Waals surface area (Å²) in [4.78, 5) is 30.5. The second-order valence-corrected chi connectivity index (χ2v) is 1.96. The maximum atomic E-state index is 10.6. The van der Waals surface area contributed by atoms with E-state index in [0.717, 1.165) is 0 Å². The number of carbonyl (C=O) groups is 1. The van der Waals surface area contributed by atoms with Crippen molar-refractivity contribution >= 4 is 5.97 Å². The van der Waals surface area contributed by atoms with Crippen molar-refractivity contribution in [3.05, 3.63) is 21.2 Å². The molecule has 0 spiro atoms. The van der Waals surface area contributed by atoms with Gasteiger partial charge in [-0.25, -0.2) is 4.79 Å². The van der Waals surface area contributed by atoms with E-state index < -0.39 is 17.8 Å². The molecule has 0 fully saturated rings. The Morgan fingerprint density at radius 1 is 1.36 bits per heavy atom. The number of nitrogens with zero attached hydrogens (tertiary/aromatic N) is 2. The fraction of sp³-hybridized carbons (Fsp3) is 0.400. The van der Waals surface area contributed by atoms with Gasteiger partial charge in [0.25, 0.3) is 0 Å². The molecule has 0 saturated heterocycles. The van der Waals surface area contributed by atoms with Gasteiger partial charge in [-0.05, 0) is 17.3 Å². The van der Waals surface area contributed by atoms with Crippen molar-refractivity contribution in [3.8, 4) is 0 Å². The van der Waals surface area contributed by atoms with Gasteiger partial charge in [0.1, 0.15) is 6.10 Å². The SMILES string of the molecule is CC1OC(=O)C(N=O)=C1N=O. The molecule has 6 nitrogen and oxygen atoms in total. The van der Waals surface area contributed by atoms with Crippen LogP contribution in [0.5, 0.6) is 0 Å². The highest BCUT2D eigenvalue weighted by molar-refractivity contribution is 5.91. The van der Waals surface area contributed by atoms with Crippen LogP contribution in [0.1, 0.15) is 6.92 Å². The summed E-state index contributed by atoms with van der Waals surface area (Å²) in [5.74, 6) is -0.887. The van der Waals surface area contributed by atoms with Crippen molar-refractivity contribution in [2.24, 2.45) is 10.4 Å². The number of rotatable bonds is 2. The summed E-state index contributed by atoms with van der Waals surface area (Å²) in [6.45, 7) is 1.44. The Kier molecular flexibility index (Phi) is 1.75. The Balaban J connectivity index is 3.11. The van der Waals surface area contributed by atoms with Crippen LogP contribution in [0.15, 0.2) is 21.7 Å². The highest BCUT2D eigenvalue weighted by Gasteiger charge is 2.33. The summed E-state index contributed by atoms with van der Waals surface area (Å²) in [7, 11) is 0. The number of nitroso groups, excluding NO2 is 2. The molecule has 1 aliphatic heterocycles. The van der Waals surface area contributed by atoms with Crippen LogP contribution < -0.4 is 0 Å². The van der Waals surface area contributed by atoms with Gasteiger partial charge in [0, 0.05) is 0 Å². The Bertz CT molecular complexity index is 257. The minimum absolute atomic E-state index is 0.231. The first kappa shape index (κ1) is 7.52. The molecule has 0 saturated carbocycles. The molecule has 0 amide bonds. The topological polar surface area (TPSA) is 85.2 Å². The van der Waals surface area contributed by atoms with E-state index in [2.05, 4.69) is 15.1 Å². The second-order valence-electron chi connectivity index (χ2n) is 1.96. The average molecular weight is 156 g/mol. The summed E-state index contributed by atoms with van der Waals surface area (Å²) in [6, 6.07) is 0. The molecule has 0 aromatic rings. The van der Waals surface area contributed by atoms with E-state index >= 15 is 0 Å². The van der Waals surface area contributed by atoms with Gasteiger partial charge in [0.2, 0.25) is 5.70 Å². The van der Waals surface area contributed by atoms with Crippen molar-refractivity contribution in [3.63, 3.8) is 0 Å². The molecular formula is C5H4N2O4. The molecule has 11 heavy (non-hydrogen) atoms. The van der Waals surface area contributed by atoms with Gasteiger partial charge in [-0.1, -0.05) is 0 Å². The van der Waals surface area contributed by atoms with Crippen LogP contribution in [0.4, 0.5) is 0 Å². The smallest absolute Gasteiger partial charge is 0.363 e. The van der Waals surface area contributed by atoms with Crippen LogP contribution in [-0.4, -0.2) is 12.1 Å². The van der Waals surface area contributed by atoms with Crippen LogP contribution in [-0.2, 0) is 9.53 Å². The molecule has 1 heterocycles. The molecule has 0 N–H and O–H groups in total. The van der Waals surface area contributed by atoms with Gasteiger partial charge in [-0.3, -0.25) is 0 Å². The lowest BCUT2D eigenvalue weighted by Crippen LogP contribution is -2.04. The second kappa shape index (κ2) is 2.57. The van der Waals surface area contributed by atoms with Crippen LogP contribution >= 0.6 is 0 Å². The van der Waals surface area contributed by atoms with Gasteiger partial charge in [0.15, 0.2) is 5.70 Å². The molecule has 6 heteroatoms. The van der Waals surface area contributed by atoms with Gasteiger partial charge in [0.05, 0.1) is 0 Å². The third-order valence-electron chi connectivity index (χ3n) is 1.29. The molecule has 0 bridgehead atoms. The summed E-state index contributed by atoms with van der Waals surface area (Å²) >= 11 is 0. The van der Waals surface area contributed by atoms with E-state index in [4.69, 9.17) is 0 Å². The minimum atomic E-state index is -0.887. The first-order valence-corrected chi connectivity index (χ1v) is 2.82. The Morgan fingerprint density at radius 2 is 2.00 bits per heavy atom. The lowest BCUT2D eigenvalue weighted by atomic mass is 10.3. The molecular weight excluding hydrogens is 152 g/mol. The zero-order valence-electron chi connectivity index (χ0n) is 5.60. The molecule has 58 valence electrons. The third kappa shape index (κ3) is 1.02. The molecule has 1 rings (SSSR count). The largest absolute Gasteiger partial charge is 0.451 e. The first-order valence-electron chi connectivity index (χ1n) is 2.82. The van der Waals surface area contributed by atoms with Crippen molar-refractivity contribution in [2.75, 3.05) is 0 Å². The van der Waals surface area contributed by atoms with E-state index in [1.807, 2.05) is 0 Å². The quantitative estimate of drug-likeness (QED) is 0.434. The lowest BCUT2D eigenvalue weighted by molar-refractivity contribution is -0.139. The number of hydrogen-bond acceptors (Lipinski definition) is 6. The molecule has 0 aromatic carbocycles. The zero-order valence-corrected chi connectivity index (χ0v) is 5.60. The van der Waals surface area contributed by atoms with Crippen LogP contribution in [0.2, 0.25) is 0 Å². The minimum Gasteiger partial charge on any atom is -0.451 e. The molecule has 0 aromatic heterocycles. The molecule has 0 aliphatic carbocycles. The summed E-state index contributed by atoms with van der Waals surface area (Å²) in [6.07, 6.45) is -0.757. The van der Waals surface area contributed by atoms with Crippen LogP contribution in [0.25, 0.3) is 0 Å². The first-order chi connectivity index (χ1) is 5.20. The summed E-state index contributed by atoms with van der Waals surface area (Å²) in [5, 5.41) is 4.79. The standard InChI is InChI=1S/C5H4N2O4/c1-2-3(6-9)4(7-10)5(8)11-2/h2H,1H3. The predicted octanol–water partition coefficient (Wildman–Crippen LogP) is 0.676. The fourth-order valence-electron chi connectivity index (χ4n) is 0.771. The van der Waals surface area contributed by atoms with E-state index in [-0.39, 0.29) is 5.70 Å². The fourth-order valence-corrected chi connectivity index (χ4v) is 0.771. The van der Waals surface area contributed by atoms with Crippen LogP contribution in [0, 0.1) is 9.81 Å². The highest BCUT2D eigenvalue weighted by atomic mass is 16.6. The van der Waals surface area contributed by atoms with Crippen molar-refractivity contribution < 1.29 is 9.53 Å². The summed E-state index contributed by atoms with van der Waals surface area (Å²) < 4.78 is 4.47. The monoisotopic (exact) mass is 156 g/mol. The number of hydrogen-bond donors (Lipinski definition) is 0. The Hall–Kier alpha value is -1.59. The third-order valence-corrected chi connectivity index (χ3v) is 1.29. The Morgan fingerprint density at radius 3 is 2.36 bits per heavy atom. The molecule has 1 aliphatic rings. The van der Waals surface area contributed by atoms with Crippen molar-refractivity contribution in [1.29, 1.82) is 0 Å². The molecule has 0 radical (unpaired) electrons. The van der Waals surface area contributed by atoms with E-state index in [9.17, 15) is 14.6 Å². The number of carbonyl (C=O) groups excluding carboxylic acids is 1. The summed E-state index contributed by atoms with van der Waals surface area (Å²) in [5.41, 5.74) is -0.752. The maximum Gasteiger partial charge on any atom is 0.363 e. The maximum absolute atomic E-state index is 10.6. The predicted molar refractivity (Wildman–Crippen MR) is 34.2 cm³/mol. The van der Waals surface area contributed by atoms with Gasteiger partial charge in [-0.15, -0.1) is 9.81 Å². The lowest BCUT2D eigenvalue weighted by Gasteiger charge is -1.98. The van der Waals surface area contributed by atoms with Gasteiger partial charge < -0.3 is 4.74 Å². The average Bonchev–Trinajstić information content (AvgIpc) is 2.24. The molecule has 1 atom stereocenters.